The van der Waals surface area contributed by atoms with E-state index in [0.29, 0.717) is 13.0 Å². The Balaban J connectivity index is 2.18. The third-order valence-corrected chi connectivity index (χ3v) is 2.43. The second-order valence-electron chi connectivity index (χ2n) is 3.61. The number of rotatable bonds is 3. The van der Waals surface area contributed by atoms with Crippen LogP contribution in [0.1, 0.15) is 32.1 Å². The van der Waals surface area contributed by atoms with Crippen LogP contribution in [-0.4, -0.2) is 29.7 Å². The Morgan fingerprint density at radius 1 is 1.38 bits per heavy atom. The first kappa shape index (κ1) is 10.5. The van der Waals surface area contributed by atoms with Crippen molar-refractivity contribution >= 4 is 5.91 Å². The van der Waals surface area contributed by atoms with Crippen molar-refractivity contribution in [1.82, 2.24) is 5.32 Å². The van der Waals surface area contributed by atoms with Crippen molar-refractivity contribution in [3.8, 4) is 0 Å². The van der Waals surface area contributed by atoms with Gasteiger partial charge in [0, 0.05) is 19.0 Å². The van der Waals surface area contributed by atoms with E-state index in [4.69, 9.17) is 5.73 Å². The minimum atomic E-state index is -0.164. The minimum Gasteiger partial charge on any atom is -0.393 e. The molecule has 0 aromatic heterocycles. The summed E-state index contributed by atoms with van der Waals surface area (Å²) < 4.78 is 0. The Morgan fingerprint density at radius 3 is 2.54 bits per heavy atom. The zero-order chi connectivity index (χ0) is 9.68. The molecule has 0 saturated heterocycles. The van der Waals surface area contributed by atoms with E-state index >= 15 is 0 Å². The van der Waals surface area contributed by atoms with Crippen LogP contribution in [0.5, 0.6) is 0 Å². The molecule has 0 atom stereocenters. The van der Waals surface area contributed by atoms with Crippen LogP contribution in [0, 0.1) is 0 Å². The van der Waals surface area contributed by atoms with Gasteiger partial charge in [-0.15, -0.1) is 0 Å². The Kier molecular flexibility index (Phi) is 4.18. The van der Waals surface area contributed by atoms with Crippen LogP contribution >= 0.6 is 0 Å². The van der Waals surface area contributed by atoms with E-state index in [2.05, 4.69) is 5.32 Å². The van der Waals surface area contributed by atoms with Gasteiger partial charge >= 0.3 is 0 Å². The van der Waals surface area contributed by atoms with Crippen molar-refractivity contribution in [3.63, 3.8) is 0 Å². The van der Waals surface area contributed by atoms with E-state index in [1.807, 2.05) is 0 Å². The van der Waals surface area contributed by atoms with Gasteiger partial charge in [-0.2, -0.15) is 0 Å². The molecule has 4 N–H and O–H groups in total. The fraction of sp³-hybridized carbons (Fsp3) is 0.889. The molecule has 1 saturated carbocycles. The molecule has 0 spiro atoms. The van der Waals surface area contributed by atoms with Gasteiger partial charge < -0.3 is 16.2 Å². The van der Waals surface area contributed by atoms with Crippen LogP contribution in [0.3, 0.4) is 0 Å². The highest BCUT2D eigenvalue weighted by Gasteiger charge is 2.20. The molecular weight excluding hydrogens is 168 g/mol. The van der Waals surface area contributed by atoms with Gasteiger partial charge in [0.15, 0.2) is 0 Å². The Labute approximate surface area is 78.5 Å². The Morgan fingerprint density at radius 2 is 2.00 bits per heavy atom. The number of carbonyl (C=O) groups is 1. The zero-order valence-electron chi connectivity index (χ0n) is 7.83. The standard InChI is InChI=1S/C9H18N2O2/c10-6-5-9(13)11-7-1-3-8(12)4-2-7/h7-8,12H,1-6,10H2,(H,11,13). The van der Waals surface area contributed by atoms with Crippen molar-refractivity contribution in [1.29, 1.82) is 0 Å². The van der Waals surface area contributed by atoms with E-state index in [-0.39, 0.29) is 18.1 Å². The number of hydrogen-bond donors (Lipinski definition) is 3. The van der Waals surface area contributed by atoms with Crippen LogP contribution in [0.25, 0.3) is 0 Å². The minimum absolute atomic E-state index is 0.0314. The van der Waals surface area contributed by atoms with Crippen LogP contribution < -0.4 is 11.1 Å². The molecule has 1 amide bonds. The molecule has 1 aliphatic carbocycles. The monoisotopic (exact) mass is 186 g/mol. The van der Waals surface area contributed by atoms with Gasteiger partial charge in [0.2, 0.25) is 5.91 Å². The average Bonchev–Trinajstić information content (AvgIpc) is 2.09. The summed E-state index contributed by atoms with van der Waals surface area (Å²) in [4.78, 5) is 11.1. The third-order valence-electron chi connectivity index (χ3n) is 2.43. The lowest BCUT2D eigenvalue weighted by Crippen LogP contribution is -2.39. The largest absolute Gasteiger partial charge is 0.393 e. The first-order valence-corrected chi connectivity index (χ1v) is 4.90. The lowest BCUT2D eigenvalue weighted by molar-refractivity contribution is -0.122. The highest BCUT2D eigenvalue weighted by molar-refractivity contribution is 5.76. The molecule has 4 heteroatoms. The van der Waals surface area contributed by atoms with E-state index in [9.17, 15) is 9.90 Å². The van der Waals surface area contributed by atoms with Crippen LogP contribution in [0.2, 0.25) is 0 Å². The molecule has 1 aliphatic rings. The summed E-state index contributed by atoms with van der Waals surface area (Å²) in [5, 5.41) is 12.1. The van der Waals surface area contributed by atoms with Gasteiger partial charge in [0.05, 0.1) is 6.10 Å². The van der Waals surface area contributed by atoms with Crippen molar-refractivity contribution in [2.45, 2.75) is 44.2 Å². The number of carbonyl (C=O) groups excluding carboxylic acids is 1. The second kappa shape index (κ2) is 5.19. The third kappa shape index (κ3) is 3.74. The van der Waals surface area contributed by atoms with E-state index in [1.165, 1.54) is 0 Å². The Bertz CT molecular complexity index is 165. The zero-order valence-corrected chi connectivity index (χ0v) is 7.83. The molecule has 0 aliphatic heterocycles. The molecule has 13 heavy (non-hydrogen) atoms. The molecule has 76 valence electrons. The fourth-order valence-electron chi connectivity index (χ4n) is 1.65. The quantitative estimate of drug-likeness (QED) is 0.569. The topological polar surface area (TPSA) is 75.4 Å². The molecule has 0 aromatic carbocycles. The summed E-state index contributed by atoms with van der Waals surface area (Å²) in [7, 11) is 0. The molecule has 0 unspecified atom stereocenters. The van der Waals surface area contributed by atoms with Gasteiger partial charge in [-0.25, -0.2) is 0 Å². The van der Waals surface area contributed by atoms with E-state index in [1.54, 1.807) is 0 Å². The normalized spacial score (nSPS) is 28.5. The average molecular weight is 186 g/mol. The Hall–Kier alpha value is -0.610. The van der Waals surface area contributed by atoms with Gasteiger partial charge in [0.25, 0.3) is 0 Å². The first-order valence-electron chi connectivity index (χ1n) is 4.90. The van der Waals surface area contributed by atoms with E-state index in [0.717, 1.165) is 25.7 Å². The number of hydrogen-bond acceptors (Lipinski definition) is 3. The summed E-state index contributed by atoms with van der Waals surface area (Å²) >= 11 is 0. The van der Waals surface area contributed by atoms with Crippen LogP contribution in [-0.2, 0) is 4.79 Å². The lowest BCUT2D eigenvalue weighted by atomic mass is 9.93. The maximum Gasteiger partial charge on any atom is 0.221 e. The number of nitrogens with two attached hydrogens (primary N) is 1. The SMILES string of the molecule is NCCC(=O)NC1CCC(O)CC1. The molecule has 1 fully saturated rings. The number of nitrogens with one attached hydrogen (secondary N) is 1. The lowest BCUT2D eigenvalue weighted by Gasteiger charge is -2.26. The van der Waals surface area contributed by atoms with Gasteiger partial charge in [-0.3, -0.25) is 4.79 Å². The first-order chi connectivity index (χ1) is 6.22. The smallest absolute Gasteiger partial charge is 0.221 e. The van der Waals surface area contributed by atoms with Crippen molar-refractivity contribution in [2.75, 3.05) is 6.54 Å². The van der Waals surface area contributed by atoms with Gasteiger partial charge in [0.1, 0.15) is 0 Å². The van der Waals surface area contributed by atoms with Gasteiger partial charge in [-0.05, 0) is 25.7 Å². The molecule has 0 aromatic rings. The van der Waals surface area contributed by atoms with E-state index < -0.39 is 0 Å². The molecule has 0 bridgehead atoms. The van der Waals surface area contributed by atoms with Gasteiger partial charge in [-0.1, -0.05) is 0 Å². The highest BCUT2D eigenvalue weighted by atomic mass is 16.3. The summed E-state index contributed by atoms with van der Waals surface area (Å²) in [5.74, 6) is 0.0314. The van der Waals surface area contributed by atoms with Crippen LogP contribution in [0.4, 0.5) is 0 Å². The summed E-state index contributed by atoms with van der Waals surface area (Å²) in [6.07, 6.45) is 3.61. The molecule has 1 rings (SSSR count). The predicted molar refractivity (Wildman–Crippen MR) is 50.1 cm³/mol. The number of aliphatic hydroxyl groups is 1. The number of aliphatic hydroxyl groups excluding tert-OH is 1. The van der Waals surface area contributed by atoms with Crippen molar-refractivity contribution in [3.05, 3.63) is 0 Å². The van der Waals surface area contributed by atoms with Crippen LogP contribution in [0.15, 0.2) is 0 Å². The fourth-order valence-corrected chi connectivity index (χ4v) is 1.65. The maximum absolute atomic E-state index is 11.1. The summed E-state index contributed by atoms with van der Waals surface area (Å²) in [6, 6.07) is 0.252. The molecular formula is C9H18N2O2. The highest BCUT2D eigenvalue weighted by Crippen LogP contribution is 2.18. The maximum atomic E-state index is 11.1. The number of amides is 1. The summed E-state index contributed by atoms with van der Waals surface area (Å²) in [6.45, 7) is 0.404. The molecule has 4 nitrogen and oxygen atoms in total. The molecule has 0 heterocycles. The van der Waals surface area contributed by atoms with Crippen molar-refractivity contribution in [2.24, 2.45) is 5.73 Å². The summed E-state index contributed by atoms with van der Waals surface area (Å²) in [5.41, 5.74) is 5.26. The van der Waals surface area contributed by atoms with Crippen molar-refractivity contribution < 1.29 is 9.90 Å². The predicted octanol–water partition coefficient (Wildman–Crippen LogP) is -0.245. The second-order valence-corrected chi connectivity index (χ2v) is 3.61. The molecule has 0 radical (unpaired) electrons.